The molecule has 0 aliphatic carbocycles. The van der Waals surface area contributed by atoms with Gasteiger partial charge in [-0.25, -0.2) is 8.42 Å². The van der Waals surface area contributed by atoms with Crippen molar-refractivity contribution >= 4 is 60.7 Å². The lowest BCUT2D eigenvalue weighted by atomic mass is 10.0. The van der Waals surface area contributed by atoms with Crippen LogP contribution in [0.5, 0.6) is 5.75 Å². The molecule has 4 aromatic rings. The fourth-order valence-electron chi connectivity index (χ4n) is 5.25. The Labute approximate surface area is 305 Å². The standard InChI is InChI=1S/C36H38BrClN4O7S/c1-24(2)21-39-36(44)33(18-26-9-6-5-7-10-26)40(22-27-11-8-12-28(37)17-27)35(43)23-41(32-19-29(38)14-16-34(32)49-4)50(47,48)30-15-13-25(3)31(20-30)42(45)46/h5-17,19-20,24,33H,18,21-23H2,1-4H3,(H,39,44)/t33-/m1/s1. The summed E-state index contributed by atoms with van der Waals surface area (Å²) in [5.74, 6) is -0.908. The van der Waals surface area contributed by atoms with Gasteiger partial charge in [-0.2, -0.15) is 0 Å². The molecular formula is C36H38BrClN4O7S. The number of methoxy groups -OCH3 is 1. The minimum absolute atomic E-state index is 0.0402. The van der Waals surface area contributed by atoms with Gasteiger partial charge in [0.05, 0.1) is 22.6 Å². The number of nitrogens with zero attached hydrogens (tertiary/aromatic N) is 3. The van der Waals surface area contributed by atoms with E-state index >= 15 is 0 Å². The maximum atomic E-state index is 14.7. The molecule has 0 saturated carbocycles. The molecular weight excluding hydrogens is 748 g/mol. The molecule has 0 saturated heterocycles. The fraction of sp³-hybridized carbons (Fsp3) is 0.278. The molecule has 0 bridgehead atoms. The summed E-state index contributed by atoms with van der Waals surface area (Å²) in [6.07, 6.45) is 0.141. The molecule has 1 atom stereocenters. The monoisotopic (exact) mass is 784 g/mol. The second-order valence-electron chi connectivity index (χ2n) is 12.0. The molecule has 0 unspecified atom stereocenters. The summed E-state index contributed by atoms with van der Waals surface area (Å²) < 4.78 is 36.0. The first-order chi connectivity index (χ1) is 23.7. The number of benzene rings is 4. The van der Waals surface area contributed by atoms with E-state index in [4.69, 9.17) is 16.3 Å². The Bertz CT molecular complexity index is 1960. The largest absolute Gasteiger partial charge is 0.495 e. The van der Waals surface area contributed by atoms with Crippen LogP contribution in [-0.2, 0) is 32.6 Å². The number of amides is 2. The van der Waals surface area contributed by atoms with E-state index in [0.717, 1.165) is 20.4 Å². The van der Waals surface area contributed by atoms with Crippen LogP contribution in [0, 0.1) is 23.0 Å². The zero-order valence-electron chi connectivity index (χ0n) is 28.0. The third-order valence-corrected chi connectivity index (χ3v) is 10.3. The van der Waals surface area contributed by atoms with E-state index in [1.54, 1.807) is 12.1 Å². The van der Waals surface area contributed by atoms with Gasteiger partial charge in [-0.1, -0.05) is 89.9 Å². The lowest BCUT2D eigenvalue weighted by molar-refractivity contribution is -0.385. The van der Waals surface area contributed by atoms with E-state index < -0.39 is 49.9 Å². The predicted octanol–water partition coefficient (Wildman–Crippen LogP) is 6.94. The number of carbonyl (C=O) groups is 2. The van der Waals surface area contributed by atoms with Crippen LogP contribution < -0.4 is 14.4 Å². The quantitative estimate of drug-likeness (QED) is 0.102. The van der Waals surface area contributed by atoms with Gasteiger partial charge in [0.2, 0.25) is 11.8 Å². The molecule has 0 aliphatic rings. The number of nitro groups is 1. The van der Waals surface area contributed by atoms with Crippen molar-refractivity contribution in [3.05, 3.63) is 127 Å². The van der Waals surface area contributed by atoms with E-state index in [2.05, 4.69) is 21.2 Å². The van der Waals surface area contributed by atoms with Crippen LogP contribution in [0.1, 0.15) is 30.5 Å². The fourth-order valence-corrected chi connectivity index (χ4v) is 7.30. The second kappa shape index (κ2) is 17.0. The van der Waals surface area contributed by atoms with Crippen LogP contribution in [-0.4, -0.2) is 56.3 Å². The smallest absolute Gasteiger partial charge is 0.273 e. The molecule has 2 amide bonds. The molecule has 0 spiro atoms. The minimum Gasteiger partial charge on any atom is -0.495 e. The molecule has 0 heterocycles. The highest BCUT2D eigenvalue weighted by Crippen LogP contribution is 2.36. The number of carbonyl (C=O) groups excluding carboxylic acids is 2. The highest BCUT2D eigenvalue weighted by Gasteiger charge is 2.36. The third-order valence-electron chi connectivity index (χ3n) is 7.85. The molecule has 0 fully saturated rings. The van der Waals surface area contributed by atoms with Crippen molar-refractivity contribution in [2.45, 2.75) is 44.7 Å². The number of ether oxygens (including phenoxy) is 1. The van der Waals surface area contributed by atoms with Gasteiger partial charge in [0.25, 0.3) is 15.7 Å². The predicted molar refractivity (Wildman–Crippen MR) is 197 cm³/mol. The van der Waals surface area contributed by atoms with Crippen LogP contribution in [0.2, 0.25) is 5.02 Å². The van der Waals surface area contributed by atoms with Gasteiger partial charge in [0, 0.05) is 40.6 Å². The molecule has 1 N–H and O–H groups in total. The molecule has 14 heteroatoms. The van der Waals surface area contributed by atoms with Crippen LogP contribution >= 0.6 is 27.5 Å². The Kier molecular flexibility index (Phi) is 13.0. The van der Waals surface area contributed by atoms with Gasteiger partial charge in [0.1, 0.15) is 18.3 Å². The van der Waals surface area contributed by atoms with Crippen LogP contribution in [0.25, 0.3) is 0 Å². The van der Waals surface area contributed by atoms with Gasteiger partial charge in [-0.15, -0.1) is 0 Å². The number of rotatable bonds is 15. The number of anilines is 1. The molecule has 264 valence electrons. The average molecular weight is 786 g/mol. The summed E-state index contributed by atoms with van der Waals surface area (Å²) in [7, 11) is -3.34. The molecule has 50 heavy (non-hydrogen) atoms. The van der Waals surface area contributed by atoms with E-state index in [9.17, 15) is 28.1 Å². The van der Waals surface area contributed by atoms with Gasteiger partial charge >= 0.3 is 0 Å². The molecule has 4 rings (SSSR count). The van der Waals surface area contributed by atoms with Crippen LogP contribution in [0.4, 0.5) is 11.4 Å². The van der Waals surface area contributed by atoms with E-state index in [1.807, 2.05) is 56.3 Å². The SMILES string of the molecule is COc1ccc(Cl)cc1N(CC(=O)N(Cc1cccc(Br)c1)[C@H](Cc1ccccc1)C(=O)NCC(C)C)S(=O)(=O)c1ccc(C)c([N+](=O)[O-])c1. The molecule has 0 aliphatic heterocycles. The van der Waals surface area contributed by atoms with Crippen molar-refractivity contribution in [3.8, 4) is 5.75 Å². The van der Waals surface area contributed by atoms with Gasteiger partial charge in [-0.3, -0.25) is 24.0 Å². The number of nitro benzene ring substituents is 1. The first kappa shape index (κ1) is 38.3. The van der Waals surface area contributed by atoms with Crippen LogP contribution in [0.3, 0.4) is 0 Å². The Balaban J connectivity index is 1.89. The van der Waals surface area contributed by atoms with E-state index in [-0.39, 0.29) is 40.9 Å². The normalized spacial score (nSPS) is 11.9. The Hall–Kier alpha value is -4.46. The maximum Gasteiger partial charge on any atom is 0.273 e. The summed E-state index contributed by atoms with van der Waals surface area (Å²) in [6, 6.07) is 23.2. The highest BCUT2D eigenvalue weighted by molar-refractivity contribution is 9.10. The third kappa shape index (κ3) is 9.61. The summed E-state index contributed by atoms with van der Waals surface area (Å²) in [5, 5.41) is 14.9. The number of aryl methyl sites for hydroxylation is 1. The first-order valence-electron chi connectivity index (χ1n) is 15.7. The van der Waals surface area contributed by atoms with E-state index in [1.165, 1.54) is 49.3 Å². The highest BCUT2D eigenvalue weighted by atomic mass is 79.9. The Morgan fingerprint density at radius 1 is 0.980 bits per heavy atom. The van der Waals surface area contributed by atoms with Crippen LogP contribution in [0.15, 0.2) is 100 Å². The minimum atomic E-state index is -4.68. The summed E-state index contributed by atoms with van der Waals surface area (Å²) in [5.41, 5.74) is 1.26. The lowest BCUT2D eigenvalue weighted by Gasteiger charge is -2.34. The lowest BCUT2D eigenvalue weighted by Crippen LogP contribution is -2.53. The van der Waals surface area contributed by atoms with Crippen molar-refractivity contribution in [2.24, 2.45) is 5.92 Å². The average Bonchev–Trinajstić information content (AvgIpc) is 3.07. The van der Waals surface area contributed by atoms with Crippen molar-refractivity contribution in [1.82, 2.24) is 10.2 Å². The number of sulfonamides is 1. The van der Waals surface area contributed by atoms with Crippen molar-refractivity contribution in [1.29, 1.82) is 0 Å². The maximum absolute atomic E-state index is 14.7. The van der Waals surface area contributed by atoms with Crippen molar-refractivity contribution in [2.75, 3.05) is 24.5 Å². The molecule has 0 radical (unpaired) electrons. The number of hydrogen-bond donors (Lipinski definition) is 1. The Morgan fingerprint density at radius 2 is 1.68 bits per heavy atom. The zero-order valence-corrected chi connectivity index (χ0v) is 31.2. The van der Waals surface area contributed by atoms with Crippen molar-refractivity contribution in [3.63, 3.8) is 0 Å². The first-order valence-corrected chi connectivity index (χ1v) is 18.3. The number of hydrogen-bond acceptors (Lipinski definition) is 7. The van der Waals surface area contributed by atoms with Gasteiger partial charge in [-0.05, 0) is 60.4 Å². The second-order valence-corrected chi connectivity index (χ2v) is 15.2. The van der Waals surface area contributed by atoms with Gasteiger partial charge in [0.15, 0.2) is 0 Å². The summed E-state index contributed by atoms with van der Waals surface area (Å²) in [6.45, 7) is 4.92. The number of halogens is 2. The summed E-state index contributed by atoms with van der Waals surface area (Å²) >= 11 is 9.82. The Morgan fingerprint density at radius 3 is 2.32 bits per heavy atom. The zero-order chi connectivity index (χ0) is 36.6. The molecule has 11 nitrogen and oxygen atoms in total. The topological polar surface area (TPSA) is 139 Å². The van der Waals surface area contributed by atoms with Crippen molar-refractivity contribution < 1.29 is 27.7 Å². The molecule has 0 aromatic heterocycles. The molecule has 4 aromatic carbocycles. The number of nitrogens with one attached hydrogen (secondary N) is 1. The summed E-state index contributed by atoms with van der Waals surface area (Å²) in [4.78, 5) is 40.8. The van der Waals surface area contributed by atoms with E-state index in [0.29, 0.717) is 12.1 Å². The van der Waals surface area contributed by atoms with Gasteiger partial charge < -0.3 is 15.0 Å².